The van der Waals surface area contributed by atoms with Gasteiger partial charge in [-0.3, -0.25) is 4.79 Å². The third-order valence-corrected chi connectivity index (χ3v) is 5.61. The number of rotatable bonds is 2. The second-order valence-corrected chi connectivity index (χ2v) is 6.96. The summed E-state index contributed by atoms with van der Waals surface area (Å²) >= 11 is 0. The lowest BCUT2D eigenvalue weighted by atomic mass is 9.87. The van der Waals surface area contributed by atoms with Gasteiger partial charge in [0.2, 0.25) is 5.91 Å². The van der Waals surface area contributed by atoms with Crippen molar-refractivity contribution < 1.29 is 4.79 Å². The van der Waals surface area contributed by atoms with Crippen LogP contribution in [0.25, 0.3) is 5.65 Å². The van der Waals surface area contributed by atoms with Gasteiger partial charge in [0.25, 0.3) is 0 Å². The second kappa shape index (κ2) is 5.99. The van der Waals surface area contributed by atoms with Gasteiger partial charge in [0.05, 0.1) is 5.69 Å². The molecule has 0 bridgehead atoms. The van der Waals surface area contributed by atoms with Crippen LogP contribution < -0.4 is 0 Å². The number of pyridine rings is 1. The van der Waals surface area contributed by atoms with Crippen molar-refractivity contribution in [2.75, 3.05) is 6.54 Å². The number of fused-ring (bicyclic) bond motifs is 3. The summed E-state index contributed by atoms with van der Waals surface area (Å²) in [5.41, 5.74) is 3.44. The van der Waals surface area contributed by atoms with Crippen molar-refractivity contribution in [1.29, 1.82) is 0 Å². The third-order valence-electron chi connectivity index (χ3n) is 5.61. The molecule has 1 aliphatic heterocycles. The van der Waals surface area contributed by atoms with Crippen LogP contribution in [0, 0.1) is 5.92 Å². The second-order valence-electron chi connectivity index (χ2n) is 6.96. The topological polar surface area (TPSA) is 37.6 Å². The molecule has 2 aliphatic rings. The van der Waals surface area contributed by atoms with E-state index in [0.29, 0.717) is 11.9 Å². The Balaban J connectivity index is 1.58. The van der Waals surface area contributed by atoms with Crippen molar-refractivity contribution in [3.8, 4) is 0 Å². The molecular formula is C19H25N3O. The average Bonchev–Trinajstić information content (AvgIpc) is 2.99. The molecule has 1 aliphatic carbocycles. The molecule has 0 aromatic carbocycles. The van der Waals surface area contributed by atoms with E-state index in [1.165, 1.54) is 24.2 Å². The van der Waals surface area contributed by atoms with Crippen molar-refractivity contribution in [3.63, 3.8) is 0 Å². The van der Waals surface area contributed by atoms with E-state index in [0.717, 1.165) is 44.3 Å². The first-order valence-corrected chi connectivity index (χ1v) is 9.03. The molecule has 4 rings (SSSR count). The van der Waals surface area contributed by atoms with Gasteiger partial charge in [-0.05, 0) is 50.7 Å². The first-order chi connectivity index (χ1) is 11.3. The molecule has 2 atom stereocenters. The maximum absolute atomic E-state index is 13.1. The van der Waals surface area contributed by atoms with Gasteiger partial charge in [-0.15, -0.1) is 0 Å². The van der Waals surface area contributed by atoms with Gasteiger partial charge in [-0.1, -0.05) is 13.0 Å². The fourth-order valence-corrected chi connectivity index (χ4v) is 4.32. The number of carbonyl (C=O) groups excluding carboxylic acids is 1. The Bertz CT molecular complexity index is 720. The van der Waals surface area contributed by atoms with Crippen molar-refractivity contribution in [2.45, 2.75) is 57.9 Å². The van der Waals surface area contributed by atoms with E-state index >= 15 is 0 Å². The number of likely N-dealkylation sites (tertiary alicyclic amines) is 1. The molecule has 1 saturated heterocycles. The zero-order valence-electron chi connectivity index (χ0n) is 13.9. The number of nitrogens with zero attached hydrogens (tertiary/aromatic N) is 3. The minimum Gasteiger partial charge on any atom is -0.339 e. The van der Waals surface area contributed by atoms with E-state index in [9.17, 15) is 4.79 Å². The molecule has 0 radical (unpaired) electrons. The lowest BCUT2D eigenvalue weighted by Crippen LogP contribution is -2.47. The first-order valence-electron chi connectivity index (χ1n) is 9.03. The minimum atomic E-state index is 0.134. The molecule has 4 nitrogen and oxygen atoms in total. The molecule has 1 fully saturated rings. The number of hydrogen-bond donors (Lipinski definition) is 0. The van der Waals surface area contributed by atoms with Crippen molar-refractivity contribution in [2.24, 2.45) is 5.92 Å². The van der Waals surface area contributed by atoms with E-state index < -0.39 is 0 Å². The highest BCUT2D eigenvalue weighted by Crippen LogP contribution is 2.30. The first kappa shape index (κ1) is 14.7. The smallest absolute Gasteiger partial charge is 0.226 e. The molecule has 2 aromatic rings. The zero-order valence-corrected chi connectivity index (χ0v) is 13.9. The van der Waals surface area contributed by atoms with Gasteiger partial charge >= 0.3 is 0 Å². The molecule has 1 amide bonds. The number of amides is 1. The van der Waals surface area contributed by atoms with Gasteiger partial charge in [-0.25, -0.2) is 4.98 Å². The van der Waals surface area contributed by atoms with Crippen LogP contribution in [0.2, 0.25) is 0 Å². The molecule has 122 valence electrons. The number of hydrogen-bond acceptors (Lipinski definition) is 2. The Morgan fingerprint density at radius 1 is 1.30 bits per heavy atom. The number of aromatic nitrogens is 2. The Kier molecular flexibility index (Phi) is 3.83. The normalized spacial score (nSPS) is 24.7. The summed E-state index contributed by atoms with van der Waals surface area (Å²) < 4.78 is 2.17. The predicted molar refractivity (Wildman–Crippen MR) is 90.4 cm³/mol. The average molecular weight is 311 g/mol. The molecular weight excluding hydrogens is 286 g/mol. The standard InChI is InChI=1S/C19H25N3O/c1-2-15-7-3-5-11-21(15)19(23)14-9-10-16-17(13-14)22-12-6-4-8-18(22)20-16/h4,6,8,12,14-15H,2-3,5,7,9-11,13H2,1H3. The Labute approximate surface area is 137 Å². The fourth-order valence-electron chi connectivity index (χ4n) is 4.32. The maximum atomic E-state index is 13.1. The van der Waals surface area contributed by atoms with E-state index in [4.69, 9.17) is 4.98 Å². The van der Waals surface area contributed by atoms with Crippen LogP contribution in [0.15, 0.2) is 24.4 Å². The number of piperidine rings is 1. The fraction of sp³-hybridized carbons (Fsp3) is 0.579. The lowest BCUT2D eigenvalue weighted by Gasteiger charge is -2.38. The summed E-state index contributed by atoms with van der Waals surface area (Å²) in [7, 11) is 0. The minimum absolute atomic E-state index is 0.134. The van der Waals surface area contributed by atoms with E-state index in [2.05, 4.69) is 22.4 Å². The van der Waals surface area contributed by atoms with E-state index in [-0.39, 0.29) is 5.92 Å². The van der Waals surface area contributed by atoms with Crippen LogP contribution in [0.4, 0.5) is 0 Å². The summed E-state index contributed by atoms with van der Waals surface area (Å²) in [6.07, 6.45) is 9.48. The van der Waals surface area contributed by atoms with Crippen molar-refractivity contribution >= 4 is 11.6 Å². The monoisotopic (exact) mass is 311 g/mol. The van der Waals surface area contributed by atoms with Crippen LogP contribution in [-0.2, 0) is 17.6 Å². The highest BCUT2D eigenvalue weighted by molar-refractivity contribution is 5.80. The van der Waals surface area contributed by atoms with Gasteiger partial charge in [0, 0.05) is 36.8 Å². The Hall–Kier alpha value is -1.84. The molecule has 0 spiro atoms. The predicted octanol–water partition coefficient (Wildman–Crippen LogP) is 3.23. The Morgan fingerprint density at radius 3 is 3.09 bits per heavy atom. The SMILES string of the molecule is CCC1CCCCN1C(=O)C1CCc2nc3ccccn3c2C1. The molecule has 3 heterocycles. The summed E-state index contributed by atoms with van der Waals surface area (Å²) in [4.78, 5) is 20.0. The number of imidazole rings is 1. The summed E-state index contributed by atoms with van der Waals surface area (Å²) in [6.45, 7) is 3.16. The highest BCUT2D eigenvalue weighted by atomic mass is 16.2. The van der Waals surface area contributed by atoms with Crippen LogP contribution in [0.5, 0.6) is 0 Å². The number of carbonyl (C=O) groups is 1. The van der Waals surface area contributed by atoms with Crippen LogP contribution >= 0.6 is 0 Å². The van der Waals surface area contributed by atoms with Gasteiger partial charge in [-0.2, -0.15) is 0 Å². The van der Waals surface area contributed by atoms with Gasteiger partial charge in [0.15, 0.2) is 0 Å². The quantitative estimate of drug-likeness (QED) is 0.854. The van der Waals surface area contributed by atoms with Crippen molar-refractivity contribution in [1.82, 2.24) is 14.3 Å². The van der Waals surface area contributed by atoms with Crippen molar-refractivity contribution in [3.05, 3.63) is 35.8 Å². The van der Waals surface area contributed by atoms with Gasteiger partial charge in [0.1, 0.15) is 5.65 Å². The molecule has 0 N–H and O–H groups in total. The van der Waals surface area contributed by atoms with E-state index in [1.54, 1.807) is 0 Å². The molecule has 2 unspecified atom stereocenters. The Morgan fingerprint density at radius 2 is 2.22 bits per heavy atom. The maximum Gasteiger partial charge on any atom is 0.226 e. The zero-order chi connectivity index (χ0) is 15.8. The highest BCUT2D eigenvalue weighted by Gasteiger charge is 2.34. The molecule has 4 heteroatoms. The summed E-state index contributed by atoms with van der Waals surface area (Å²) in [6, 6.07) is 6.57. The number of aryl methyl sites for hydroxylation is 1. The molecule has 23 heavy (non-hydrogen) atoms. The van der Waals surface area contributed by atoms with E-state index in [1.807, 2.05) is 18.2 Å². The molecule has 0 saturated carbocycles. The third kappa shape index (κ3) is 2.54. The lowest BCUT2D eigenvalue weighted by molar-refractivity contribution is -0.139. The largest absolute Gasteiger partial charge is 0.339 e. The van der Waals surface area contributed by atoms with Gasteiger partial charge < -0.3 is 9.30 Å². The molecule has 2 aromatic heterocycles. The summed E-state index contributed by atoms with van der Waals surface area (Å²) in [5.74, 6) is 0.517. The van der Waals surface area contributed by atoms with Crippen LogP contribution in [0.1, 0.15) is 50.4 Å². The van der Waals surface area contributed by atoms with Crippen LogP contribution in [0.3, 0.4) is 0 Å². The summed E-state index contributed by atoms with van der Waals surface area (Å²) in [5, 5.41) is 0. The van der Waals surface area contributed by atoms with Crippen LogP contribution in [-0.4, -0.2) is 32.8 Å².